The first-order valence-corrected chi connectivity index (χ1v) is 8.40. The van der Waals surface area contributed by atoms with Crippen molar-refractivity contribution in [2.75, 3.05) is 13.7 Å². The fourth-order valence-electron chi connectivity index (χ4n) is 2.77. The van der Waals surface area contributed by atoms with E-state index in [1.54, 1.807) is 6.07 Å². The van der Waals surface area contributed by atoms with Crippen molar-refractivity contribution in [3.05, 3.63) is 57.8 Å². The molecule has 1 atom stereocenters. The predicted octanol–water partition coefficient (Wildman–Crippen LogP) is 3.78. The Kier molecular flexibility index (Phi) is 5.04. The van der Waals surface area contributed by atoms with Crippen molar-refractivity contribution in [3.8, 4) is 11.5 Å². The highest BCUT2D eigenvalue weighted by Gasteiger charge is 2.23. The Hall–Kier alpha value is -2.08. The van der Waals surface area contributed by atoms with E-state index in [0.717, 1.165) is 15.8 Å². The van der Waals surface area contributed by atoms with E-state index in [0.29, 0.717) is 18.6 Å². The van der Waals surface area contributed by atoms with Crippen LogP contribution in [0.3, 0.4) is 0 Å². The van der Waals surface area contributed by atoms with Gasteiger partial charge >= 0.3 is 0 Å². The van der Waals surface area contributed by atoms with Crippen LogP contribution >= 0.6 is 15.9 Å². The molecule has 6 heteroatoms. The van der Waals surface area contributed by atoms with Gasteiger partial charge in [0.05, 0.1) is 26.2 Å². The molecule has 4 nitrogen and oxygen atoms in total. The highest BCUT2D eigenvalue weighted by atomic mass is 79.9. The lowest BCUT2D eigenvalue weighted by Gasteiger charge is -2.27. The number of rotatable bonds is 4. The normalized spacial score (nSPS) is 16.0. The highest BCUT2D eigenvalue weighted by molar-refractivity contribution is 9.10. The van der Waals surface area contributed by atoms with E-state index in [1.165, 1.54) is 19.2 Å². The summed E-state index contributed by atoms with van der Waals surface area (Å²) in [5.74, 6) is 0.327. The second-order valence-electron chi connectivity index (χ2n) is 5.59. The SMILES string of the molecule is COc1ccc(CC(=O)NC2CCOc3ccc(Br)cc32)cc1F. The number of carbonyl (C=O) groups is 1. The third-order valence-corrected chi connectivity index (χ3v) is 4.42. The van der Waals surface area contributed by atoms with Crippen LogP contribution < -0.4 is 14.8 Å². The summed E-state index contributed by atoms with van der Waals surface area (Å²) in [6.45, 7) is 0.552. The Balaban J connectivity index is 1.70. The van der Waals surface area contributed by atoms with Gasteiger partial charge in [-0.05, 0) is 35.9 Å². The molecule has 1 aliphatic heterocycles. The molecule has 0 bridgehead atoms. The number of carbonyl (C=O) groups excluding carboxylic acids is 1. The standard InChI is InChI=1S/C18H17BrFNO3/c1-23-17-4-2-11(8-14(17)20)9-18(22)21-15-6-7-24-16-5-3-12(19)10-13(15)16/h2-5,8,10,15H,6-7,9H2,1H3,(H,21,22). The van der Waals surface area contributed by atoms with Crippen LogP contribution in [-0.4, -0.2) is 19.6 Å². The summed E-state index contributed by atoms with van der Waals surface area (Å²) in [5.41, 5.74) is 1.55. The molecule has 0 aliphatic carbocycles. The summed E-state index contributed by atoms with van der Waals surface area (Å²) in [6.07, 6.45) is 0.813. The van der Waals surface area contributed by atoms with Crippen LogP contribution in [0.25, 0.3) is 0 Å². The molecule has 0 radical (unpaired) electrons. The topological polar surface area (TPSA) is 47.6 Å². The number of ether oxygens (including phenoxy) is 2. The average Bonchev–Trinajstić information content (AvgIpc) is 2.55. The molecular formula is C18H17BrFNO3. The number of amides is 1. The molecule has 1 amide bonds. The fraction of sp³-hybridized carbons (Fsp3) is 0.278. The first kappa shape index (κ1) is 16.8. The molecule has 0 aromatic heterocycles. The summed E-state index contributed by atoms with van der Waals surface area (Å²) in [4.78, 5) is 12.3. The second-order valence-corrected chi connectivity index (χ2v) is 6.50. The quantitative estimate of drug-likeness (QED) is 0.859. The van der Waals surface area contributed by atoms with Gasteiger partial charge in [-0.25, -0.2) is 4.39 Å². The van der Waals surface area contributed by atoms with Crippen LogP contribution in [0, 0.1) is 5.82 Å². The van der Waals surface area contributed by atoms with E-state index < -0.39 is 5.82 Å². The van der Waals surface area contributed by atoms with Crippen molar-refractivity contribution >= 4 is 21.8 Å². The van der Waals surface area contributed by atoms with E-state index in [4.69, 9.17) is 9.47 Å². The van der Waals surface area contributed by atoms with Gasteiger partial charge in [-0.1, -0.05) is 22.0 Å². The molecule has 1 heterocycles. The Labute approximate surface area is 148 Å². The highest BCUT2D eigenvalue weighted by Crippen LogP contribution is 2.34. The Bertz CT molecular complexity index is 766. The molecule has 0 saturated carbocycles. The Morgan fingerprint density at radius 2 is 2.21 bits per heavy atom. The Morgan fingerprint density at radius 1 is 1.38 bits per heavy atom. The largest absolute Gasteiger partial charge is 0.494 e. The van der Waals surface area contributed by atoms with Gasteiger partial charge in [-0.3, -0.25) is 4.79 Å². The fourth-order valence-corrected chi connectivity index (χ4v) is 3.14. The zero-order valence-electron chi connectivity index (χ0n) is 13.1. The maximum atomic E-state index is 13.7. The molecule has 0 saturated heterocycles. The number of hydrogen-bond acceptors (Lipinski definition) is 3. The molecule has 0 spiro atoms. The van der Waals surface area contributed by atoms with Crippen molar-refractivity contribution in [2.45, 2.75) is 18.9 Å². The summed E-state index contributed by atoms with van der Waals surface area (Å²) in [7, 11) is 1.41. The molecule has 2 aromatic carbocycles. The zero-order valence-corrected chi connectivity index (χ0v) is 14.7. The van der Waals surface area contributed by atoms with Crippen LogP contribution in [-0.2, 0) is 11.2 Å². The minimum Gasteiger partial charge on any atom is -0.494 e. The number of hydrogen-bond donors (Lipinski definition) is 1. The molecule has 24 heavy (non-hydrogen) atoms. The van der Waals surface area contributed by atoms with E-state index >= 15 is 0 Å². The zero-order chi connectivity index (χ0) is 17.1. The van der Waals surface area contributed by atoms with Gasteiger partial charge in [0.2, 0.25) is 5.91 Å². The molecule has 1 N–H and O–H groups in total. The van der Waals surface area contributed by atoms with Gasteiger partial charge in [0.25, 0.3) is 0 Å². The lowest BCUT2D eigenvalue weighted by atomic mass is 10.00. The molecule has 1 aliphatic rings. The van der Waals surface area contributed by atoms with E-state index in [-0.39, 0.29) is 24.1 Å². The number of methoxy groups -OCH3 is 1. The predicted molar refractivity (Wildman–Crippen MR) is 91.8 cm³/mol. The summed E-state index contributed by atoms with van der Waals surface area (Å²) >= 11 is 3.44. The minimum atomic E-state index is -0.469. The van der Waals surface area contributed by atoms with Crippen LogP contribution in [0.5, 0.6) is 11.5 Å². The van der Waals surface area contributed by atoms with Crippen LogP contribution in [0.15, 0.2) is 40.9 Å². The second kappa shape index (κ2) is 7.21. The first-order chi connectivity index (χ1) is 11.6. The van der Waals surface area contributed by atoms with Crippen LogP contribution in [0.2, 0.25) is 0 Å². The maximum absolute atomic E-state index is 13.7. The van der Waals surface area contributed by atoms with Crippen molar-refractivity contribution in [1.82, 2.24) is 5.32 Å². The van der Waals surface area contributed by atoms with Crippen molar-refractivity contribution < 1.29 is 18.7 Å². The molecular weight excluding hydrogens is 377 g/mol. The summed E-state index contributed by atoms with van der Waals surface area (Å²) in [5, 5.41) is 3.01. The molecule has 1 unspecified atom stereocenters. The lowest BCUT2D eigenvalue weighted by molar-refractivity contribution is -0.121. The van der Waals surface area contributed by atoms with E-state index in [1.807, 2.05) is 18.2 Å². The Morgan fingerprint density at radius 3 is 2.96 bits per heavy atom. The van der Waals surface area contributed by atoms with Crippen LogP contribution in [0.4, 0.5) is 4.39 Å². The van der Waals surface area contributed by atoms with Crippen molar-refractivity contribution in [2.24, 2.45) is 0 Å². The lowest BCUT2D eigenvalue weighted by Crippen LogP contribution is -2.33. The van der Waals surface area contributed by atoms with Gasteiger partial charge in [0.15, 0.2) is 11.6 Å². The third-order valence-electron chi connectivity index (χ3n) is 3.93. The summed E-state index contributed by atoms with van der Waals surface area (Å²) < 4.78 is 25.2. The van der Waals surface area contributed by atoms with Gasteiger partial charge in [-0.2, -0.15) is 0 Å². The monoisotopic (exact) mass is 393 g/mol. The molecule has 3 rings (SSSR count). The van der Waals surface area contributed by atoms with Gasteiger partial charge < -0.3 is 14.8 Å². The smallest absolute Gasteiger partial charge is 0.224 e. The molecule has 0 fully saturated rings. The minimum absolute atomic E-state index is 0.109. The van der Waals surface area contributed by atoms with Crippen molar-refractivity contribution in [1.29, 1.82) is 0 Å². The molecule has 126 valence electrons. The first-order valence-electron chi connectivity index (χ1n) is 7.61. The number of nitrogens with one attached hydrogen (secondary N) is 1. The summed E-state index contributed by atoms with van der Waals surface area (Å²) in [6, 6.07) is 10.2. The van der Waals surface area contributed by atoms with Crippen LogP contribution in [0.1, 0.15) is 23.6 Å². The van der Waals surface area contributed by atoms with E-state index in [2.05, 4.69) is 21.2 Å². The number of halogens is 2. The van der Waals surface area contributed by atoms with E-state index in [9.17, 15) is 9.18 Å². The number of benzene rings is 2. The van der Waals surface area contributed by atoms with Gasteiger partial charge in [-0.15, -0.1) is 0 Å². The van der Waals surface area contributed by atoms with Crippen molar-refractivity contribution in [3.63, 3.8) is 0 Å². The molecule has 2 aromatic rings. The third kappa shape index (κ3) is 3.70. The van der Waals surface area contributed by atoms with Gasteiger partial charge in [0, 0.05) is 16.5 Å². The number of fused-ring (bicyclic) bond motifs is 1. The average molecular weight is 394 g/mol. The van der Waals surface area contributed by atoms with Gasteiger partial charge in [0.1, 0.15) is 5.75 Å². The maximum Gasteiger partial charge on any atom is 0.224 e.